The van der Waals surface area contributed by atoms with Crippen LogP contribution < -0.4 is 5.32 Å². The van der Waals surface area contributed by atoms with Gasteiger partial charge in [0, 0.05) is 13.1 Å². The first-order valence-corrected chi connectivity index (χ1v) is 12.7. The second kappa shape index (κ2) is 9.99. The van der Waals surface area contributed by atoms with Crippen LogP contribution in [0.25, 0.3) is 12.2 Å². The normalized spacial score (nSPS) is 17.3. The van der Waals surface area contributed by atoms with Crippen molar-refractivity contribution in [3.63, 3.8) is 0 Å². The van der Waals surface area contributed by atoms with Crippen molar-refractivity contribution in [2.24, 2.45) is 5.92 Å². The van der Waals surface area contributed by atoms with Crippen LogP contribution in [-0.2, 0) is 21.4 Å². The average Bonchev–Trinajstić information content (AvgIpc) is 3.42. The Balaban J connectivity index is 1.48. The van der Waals surface area contributed by atoms with Gasteiger partial charge >= 0.3 is 0 Å². The highest BCUT2D eigenvalue weighted by Crippen LogP contribution is 2.29. The summed E-state index contributed by atoms with van der Waals surface area (Å²) >= 11 is 0. The molecule has 1 amide bonds. The Bertz CT molecular complexity index is 1290. The monoisotopic (exact) mass is 483 g/mol. The number of nitrogens with one attached hydrogen (secondary N) is 1. The number of hydrogen-bond donors (Lipinski definition) is 1. The van der Waals surface area contributed by atoms with Gasteiger partial charge in [0.25, 0.3) is 0 Å². The van der Waals surface area contributed by atoms with Gasteiger partial charge in [0.05, 0.1) is 12.5 Å². The van der Waals surface area contributed by atoms with E-state index in [1.54, 1.807) is 19.1 Å². The largest absolute Gasteiger partial charge is 0.465 e. The number of furan rings is 1. The molecule has 9 heteroatoms. The molecule has 1 N–H and O–H groups in total. The number of nitrogens with zero attached hydrogens (tertiary/aromatic N) is 2. The van der Waals surface area contributed by atoms with E-state index in [4.69, 9.17) is 8.94 Å². The number of hydrogen-bond acceptors (Lipinski definition) is 6. The van der Waals surface area contributed by atoms with Gasteiger partial charge < -0.3 is 14.3 Å². The fourth-order valence-electron chi connectivity index (χ4n) is 4.05. The van der Waals surface area contributed by atoms with Gasteiger partial charge in [-0.05, 0) is 57.4 Å². The van der Waals surface area contributed by atoms with Crippen molar-refractivity contribution in [2.75, 3.05) is 13.1 Å². The maximum Gasteiger partial charge on any atom is 0.248 e. The molecule has 8 nitrogen and oxygen atoms in total. The van der Waals surface area contributed by atoms with Crippen molar-refractivity contribution < 1.29 is 22.2 Å². The molecule has 34 heavy (non-hydrogen) atoms. The third kappa shape index (κ3) is 5.31. The van der Waals surface area contributed by atoms with Gasteiger partial charge in [-0.15, -0.1) is 0 Å². The molecule has 0 bridgehead atoms. The van der Waals surface area contributed by atoms with E-state index in [2.05, 4.69) is 10.5 Å². The molecule has 3 aromatic rings. The van der Waals surface area contributed by atoms with E-state index in [1.807, 2.05) is 50.2 Å². The van der Waals surface area contributed by atoms with Crippen molar-refractivity contribution in [1.29, 1.82) is 0 Å². The molecule has 1 aromatic carbocycles. The predicted octanol–water partition coefficient (Wildman–Crippen LogP) is 4.08. The summed E-state index contributed by atoms with van der Waals surface area (Å²) < 4.78 is 39.3. The van der Waals surface area contributed by atoms with E-state index in [0.717, 1.165) is 16.9 Å². The zero-order chi connectivity index (χ0) is 24.3. The van der Waals surface area contributed by atoms with Gasteiger partial charge in [-0.3, -0.25) is 4.79 Å². The summed E-state index contributed by atoms with van der Waals surface area (Å²) in [6.45, 7) is 6.17. The number of aromatic nitrogens is 1. The maximum atomic E-state index is 13.5. The van der Waals surface area contributed by atoms with Gasteiger partial charge in [0.1, 0.15) is 17.2 Å². The van der Waals surface area contributed by atoms with Gasteiger partial charge in [-0.25, -0.2) is 8.42 Å². The van der Waals surface area contributed by atoms with Crippen LogP contribution in [-0.4, -0.2) is 36.9 Å². The molecule has 1 aliphatic rings. The molecule has 0 spiro atoms. The van der Waals surface area contributed by atoms with Crippen LogP contribution in [0.2, 0.25) is 0 Å². The van der Waals surface area contributed by atoms with Crippen LogP contribution in [0.15, 0.2) is 50.2 Å². The Kier molecular flexibility index (Phi) is 7.04. The number of piperidine rings is 1. The van der Waals surface area contributed by atoms with Crippen molar-refractivity contribution in [3.8, 4) is 0 Å². The molecule has 1 fully saturated rings. The molecule has 180 valence electrons. The molecule has 4 rings (SSSR count). The summed E-state index contributed by atoms with van der Waals surface area (Å²) in [6, 6.07) is 11.5. The summed E-state index contributed by atoms with van der Waals surface area (Å²) in [7, 11) is -3.89. The molecular formula is C25H29N3O5S. The van der Waals surface area contributed by atoms with E-state index in [9.17, 15) is 13.2 Å². The number of carbonyl (C=O) groups excluding carboxylic acids is 1. The number of rotatable bonds is 7. The lowest BCUT2D eigenvalue weighted by atomic mass is 9.99. The highest BCUT2D eigenvalue weighted by atomic mass is 32.2. The molecule has 2 aromatic heterocycles. The highest BCUT2D eigenvalue weighted by Gasteiger charge is 2.36. The SMILES string of the molecule is Cc1ccc(/C=C/c2onc(C)c2S(=O)(=O)N2CCC[C@@H](C(=O)NCc3ccc(C)o3)C2)cc1. The van der Waals surface area contributed by atoms with Crippen LogP contribution in [0.5, 0.6) is 0 Å². The van der Waals surface area contributed by atoms with Crippen LogP contribution in [0.4, 0.5) is 0 Å². The van der Waals surface area contributed by atoms with Crippen molar-refractivity contribution in [2.45, 2.75) is 45.1 Å². The lowest BCUT2D eigenvalue weighted by Crippen LogP contribution is -2.45. The van der Waals surface area contributed by atoms with Crippen LogP contribution >= 0.6 is 0 Å². The Labute approximate surface area is 199 Å². The Morgan fingerprint density at radius 2 is 1.91 bits per heavy atom. The van der Waals surface area contributed by atoms with E-state index >= 15 is 0 Å². The third-order valence-electron chi connectivity index (χ3n) is 5.92. The van der Waals surface area contributed by atoms with E-state index < -0.39 is 15.9 Å². The Morgan fingerprint density at radius 1 is 1.15 bits per heavy atom. The third-order valence-corrected chi connectivity index (χ3v) is 7.95. The highest BCUT2D eigenvalue weighted by molar-refractivity contribution is 7.89. The standard InChI is InChI=1S/C25H29N3O5S/c1-17-6-9-20(10-7-17)11-13-23-24(19(3)27-33-23)34(30,31)28-14-4-5-21(16-28)25(29)26-15-22-12-8-18(2)32-22/h6-13,21H,4-5,14-16H2,1-3H3,(H,26,29)/b13-11+/t21-/m1/s1. The summed E-state index contributed by atoms with van der Waals surface area (Å²) in [4.78, 5) is 12.8. The Morgan fingerprint density at radius 3 is 2.62 bits per heavy atom. The minimum atomic E-state index is -3.89. The first kappa shape index (κ1) is 24.0. The molecule has 1 atom stereocenters. The summed E-state index contributed by atoms with van der Waals surface area (Å²) in [5.74, 6) is 0.992. The molecule has 0 unspecified atom stereocenters. The fraction of sp³-hybridized carbons (Fsp3) is 0.360. The van der Waals surface area contributed by atoms with Crippen molar-refractivity contribution in [1.82, 2.24) is 14.8 Å². The summed E-state index contributed by atoms with van der Waals surface area (Å²) in [5, 5.41) is 6.76. The second-order valence-electron chi connectivity index (χ2n) is 8.64. The number of benzene rings is 1. The van der Waals surface area contributed by atoms with Crippen molar-refractivity contribution in [3.05, 3.63) is 70.5 Å². The zero-order valence-electron chi connectivity index (χ0n) is 19.6. The lowest BCUT2D eigenvalue weighted by Gasteiger charge is -2.31. The van der Waals surface area contributed by atoms with Gasteiger partial charge in [-0.2, -0.15) is 4.31 Å². The molecule has 0 saturated carbocycles. The van der Waals surface area contributed by atoms with Gasteiger partial charge in [0.15, 0.2) is 10.7 Å². The first-order chi connectivity index (χ1) is 16.2. The topological polar surface area (TPSA) is 106 Å². The van der Waals surface area contributed by atoms with Crippen LogP contribution in [0.3, 0.4) is 0 Å². The van der Waals surface area contributed by atoms with Gasteiger partial charge in [-0.1, -0.05) is 41.1 Å². The van der Waals surface area contributed by atoms with Crippen LogP contribution in [0, 0.1) is 26.7 Å². The fourth-order valence-corrected chi connectivity index (χ4v) is 5.82. The number of amides is 1. The molecular weight excluding hydrogens is 454 g/mol. The number of carbonyl (C=O) groups is 1. The zero-order valence-corrected chi connectivity index (χ0v) is 20.4. The summed E-state index contributed by atoms with van der Waals surface area (Å²) in [6.07, 6.45) is 4.63. The average molecular weight is 484 g/mol. The van der Waals surface area contributed by atoms with Gasteiger partial charge in [0.2, 0.25) is 15.9 Å². The number of aryl methyl sites for hydroxylation is 3. The van der Waals surface area contributed by atoms with Crippen LogP contribution in [0.1, 0.15) is 46.9 Å². The lowest BCUT2D eigenvalue weighted by molar-refractivity contribution is -0.126. The smallest absolute Gasteiger partial charge is 0.248 e. The molecule has 3 heterocycles. The van der Waals surface area contributed by atoms with E-state index in [1.165, 1.54) is 4.31 Å². The molecule has 1 saturated heterocycles. The van der Waals surface area contributed by atoms with E-state index in [0.29, 0.717) is 30.8 Å². The Hall–Kier alpha value is -3.17. The first-order valence-electron chi connectivity index (χ1n) is 11.3. The number of sulfonamides is 1. The van der Waals surface area contributed by atoms with Crippen molar-refractivity contribution >= 4 is 28.1 Å². The minimum Gasteiger partial charge on any atom is -0.465 e. The molecule has 0 radical (unpaired) electrons. The molecule has 0 aliphatic carbocycles. The summed E-state index contributed by atoms with van der Waals surface area (Å²) in [5.41, 5.74) is 2.35. The minimum absolute atomic E-state index is 0.0444. The predicted molar refractivity (Wildman–Crippen MR) is 128 cm³/mol. The molecule has 1 aliphatic heterocycles. The maximum absolute atomic E-state index is 13.5. The quantitative estimate of drug-likeness (QED) is 0.543. The van der Waals surface area contributed by atoms with E-state index in [-0.39, 0.29) is 29.7 Å². The second-order valence-corrected chi connectivity index (χ2v) is 10.5.